The molecule has 0 fully saturated rings. The van der Waals surface area contributed by atoms with E-state index in [1.807, 2.05) is 13.8 Å². The number of hydrogen-bond donors (Lipinski definition) is 2. The molecule has 0 saturated heterocycles. The summed E-state index contributed by atoms with van der Waals surface area (Å²) in [4.78, 5) is 22.7. The van der Waals surface area contributed by atoms with Crippen LogP contribution in [0.1, 0.15) is 24.2 Å². The van der Waals surface area contributed by atoms with Crippen LogP contribution in [-0.4, -0.2) is 31.8 Å². The molecule has 0 bridgehead atoms. The maximum Gasteiger partial charge on any atom is 0.258 e. The third-order valence-electron chi connectivity index (χ3n) is 2.13. The Morgan fingerprint density at radius 1 is 1.56 bits per heavy atom. The number of aromatic nitrogens is 2. The number of nitrogens with one attached hydrogen (secondary N) is 2. The topological polar surface area (TPSA) is 93.1 Å². The molecule has 2 N–H and O–H groups in total. The zero-order valence-electron chi connectivity index (χ0n) is 9.84. The van der Waals surface area contributed by atoms with Crippen molar-refractivity contribution in [2.24, 2.45) is 0 Å². The van der Waals surface area contributed by atoms with Crippen LogP contribution in [0.4, 0.5) is 0 Å². The zero-order chi connectivity index (χ0) is 13.3. The Balaban J connectivity index is 2.21. The molecule has 1 aliphatic heterocycles. The van der Waals surface area contributed by atoms with Crippen LogP contribution in [-0.2, 0) is 15.8 Å². The summed E-state index contributed by atoms with van der Waals surface area (Å²) < 4.78 is 15.0. The van der Waals surface area contributed by atoms with Gasteiger partial charge < -0.3 is 5.32 Å². The Morgan fingerprint density at radius 3 is 2.83 bits per heavy atom. The largest absolute Gasteiger partial charge is 0.350 e. The predicted octanol–water partition coefficient (Wildman–Crippen LogP) is -0.387. The number of amides is 2. The van der Waals surface area contributed by atoms with E-state index in [9.17, 15) is 13.8 Å². The number of carbonyl (C=O) groups excluding carboxylic acids is 2. The second-order valence-electron chi connectivity index (χ2n) is 4.02. The number of rotatable bonds is 3. The molecule has 1 unspecified atom stereocenters. The summed E-state index contributed by atoms with van der Waals surface area (Å²) in [7, 11) is -1.62. The summed E-state index contributed by atoms with van der Waals surface area (Å²) in [6.07, 6.45) is 3.98. The summed E-state index contributed by atoms with van der Waals surface area (Å²) >= 11 is 0. The molecule has 1 aromatic rings. The lowest BCUT2D eigenvalue weighted by Gasteiger charge is -2.05. The van der Waals surface area contributed by atoms with E-state index in [0.717, 1.165) is 0 Å². The van der Waals surface area contributed by atoms with Gasteiger partial charge in [-0.2, -0.15) is 5.10 Å². The fourth-order valence-electron chi connectivity index (χ4n) is 1.40. The highest BCUT2D eigenvalue weighted by atomic mass is 32.2. The highest BCUT2D eigenvalue weighted by Crippen LogP contribution is 2.13. The molecule has 0 aliphatic carbocycles. The van der Waals surface area contributed by atoms with Gasteiger partial charge in [0, 0.05) is 18.3 Å². The van der Waals surface area contributed by atoms with Crippen molar-refractivity contribution < 1.29 is 13.8 Å². The van der Waals surface area contributed by atoms with Gasteiger partial charge in [-0.25, -0.2) is 8.89 Å². The first-order valence-electron chi connectivity index (χ1n) is 5.27. The Bertz CT molecular complexity index is 561. The highest BCUT2D eigenvalue weighted by Gasteiger charge is 2.22. The van der Waals surface area contributed by atoms with E-state index >= 15 is 0 Å². The van der Waals surface area contributed by atoms with E-state index in [4.69, 9.17) is 0 Å². The molecule has 0 saturated carbocycles. The molecule has 0 aromatic carbocycles. The van der Waals surface area contributed by atoms with Gasteiger partial charge in [0.2, 0.25) is 0 Å². The molecule has 96 valence electrons. The smallest absolute Gasteiger partial charge is 0.258 e. The quantitative estimate of drug-likeness (QED) is 0.781. The highest BCUT2D eigenvalue weighted by molar-refractivity contribution is 7.93. The number of hydrogen-bond acceptors (Lipinski definition) is 4. The van der Waals surface area contributed by atoms with Gasteiger partial charge in [-0.05, 0) is 13.8 Å². The summed E-state index contributed by atoms with van der Waals surface area (Å²) in [6.45, 7) is 3.69. The van der Waals surface area contributed by atoms with Crippen LogP contribution < -0.4 is 10.0 Å². The lowest BCUT2D eigenvalue weighted by molar-refractivity contribution is -0.114. The number of carbonyl (C=O) groups is 2. The third-order valence-corrected chi connectivity index (χ3v) is 3.20. The average Bonchev–Trinajstić information content (AvgIpc) is 2.83. The molecule has 8 heteroatoms. The first-order valence-corrected chi connectivity index (χ1v) is 6.42. The van der Waals surface area contributed by atoms with Gasteiger partial charge in [0.25, 0.3) is 11.8 Å². The van der Waals surface area contributed by atoms with Crippen LogP contribution >= 0.6 is 0 Å². The van der Waals surface area contributed by atoms with Gasteiger partial charge in [-0.1, -0.05) is 0 Å². The second-order valence-corrected chi connectivity index (χ2v) is 5.18. The molecule has 1 aliphatic rings. The monoisotopic (exact) mass is 268 g/mol. The molecular weight excluding hydrogens is 256 g/mol. The second kappa shape index (κ2) is 4.73. The SMILES string of the molecule is CC(C)NC(=O)c1cnn(C2=CC(=O)NS2=O)c1. The van der Waals surface area contributed by atoms with Crippen molar-refractivity contribution in [3.05, 3.63) is 24.0 Å². The van der Waals surface area contributed by atoms with E-state index in [1.165, 1.54) is 23.2 Å². The zero-order valence-corrected chi connectivity index (χ0v) is 10.7. The first kappa shape index (κ1) is 12.5. The minimum atomic E-state index is -1.62. The van der Waals surface area contributed by atoms with Crippen molar-refractivity contribution in [3.8, 4) is 0 Å². The van der Waals surface area contributed by atoms with Gasteiger partial charge in [0.15, 0.2) is 16.0 Å². The maximum absolute atomic E-state index is 11.7. The summed E-state index contributed by atoms with van der Waals surface area (Å²) in [5.41, 5.74) is 0.348. The fraction of sp³-hybridized carbons (Fsp3) is 0.300. The Morgan fingerprint density at radius 2 is 2.28 bits per heavy atom. The van der Waals surface area contributed by atoms with E-state index in [0.29, 0.717) is 5.56 Å². The molecule has 1 atom stereocenters. The van der Waals surface area contributed by atoms with Gasteiger partial charge in [0.05, 0.1) is 11.8 Å². The first-order chi connectivity index (χ1) is 8.47. The fourth-order valence-corrected chi connectivity index (χ4v) is 2.23. The standard InChI is InChI=1S/C10H12N4O3S/c1-6(2)12-10(16)7-4-11-14(5-7)9-3-8(15)13-18(9)17/h3-6H,1-2H3,(H,12,16)(H,13,15). The molecule has 2 amide bonds. The number of nitrogens with zero attached hydrogens (tertiary/aromatic N) is 2. The van der Waals surface area contributed by atoms with Crippen LogP contribution in [0.3, 0.4) is 0 Å². The van der Waals surface area contributed by atoms with Crippen molar-refractivity contribution in [1.82, 2.24) is 19.8 Å². The molecule has 18 heavy (non-hydrogen) atoms. The van der Waals surface area contributed by atoms with Gasteiger partial charge in [-0.3, -0.25) is 14.3 Å². The van der Waals surface area contributed by atoms with Crippen LogP contribution in [0.25, 0.3) is 5.03 Å². The summed E-state index contributed by atoms with van der Waals surface area (Å²) in [5, 5.41) is 6.84. The average molecular weight is 268 g/mol. The van der Waals surface area contributed by atoms with Crippen molar-refractivity contribution in [3.63, 3.8) is 0 Å². The van der Waals surface area contributed by atoms with E-state index < -0.39 is 16.9 Å². The molecule has 1 aromatic heterocycles. The van der Waals surface area contributed by atoms with Crippen LogP contribution in [0, 0.1) is 0 Å². The van der Waals surface area contributed by atoms with Crippen molar-refractivity contribution in [1.29, 1.82) is 0 Å². The lowest BCUT2D eigenvalue weighted by atomic mass is 10.3. The Kier molecular flexibility index (Phi) is 3.28. The minimum Gasteiger partial charge on any atom is -0.350 e. The molecular formula is C10H12N4O3S. The summed E-state index contributed by atoms with van der Waals surface area (Å²) in [6, 6.07) is 0.0175. The van der Waals surface area contributed by atoms with E-state index in [1.54, 1.807) is 0 Å². The predicted molar refractivity (Wildman–Crippen MR) is 65.4 cm³/mol. The van der Waals surface area contributed by atoms with Gasteiger partial charge >= 0.3 is 0 Å². The Hall–Kier alpha value is -1.96. The van der Waals surface area contributed by atoms with Crippen molar-refractivity contribution >= 4 is 27.8 Å². The van der Waals surface area contributed by atoms with Crippen LogP contribution in [0.15, 0.2) is 18.5 Å². The summed E-state index contributed by atoms with van der Waals surface area (Å²) in [5.74, 6) is -0.702. The molecule has 0 radical (unpaired) electrons. The lowest BCUT2D eigenvalue weighted by Crippen LogP contribution is -2.29. The molecule has 2 heterocycles. The maximum atomic E-state index is 11.7. The van der Waals surface area contributed by atoms with E-state index in [-0.39, 0.29) is 17.0 Å². The van der Waals surface area contributed by atoms with Crippen LogP contribution in [0.2, 0.25) is 0 Å². The van der Waals surface area contributed by atoms with Gasteiger partial charge in [0.1, 0.15) is 0 Å². The Labute approximate surface area is 106 Å². The minimum absolute atomic E-state index is 0.0175. The molecule has 0 spiro atoms. The van der Waals surface area contributed by atoms with Crippen molar-refractivity contribution in [2.45, 2.75) is 19.9 Å². The normalized spacial score (nSPS) is 18.7. The van der Waals surface area contributed by atoms with Crippen LogP contribution in [0.5, 0.6) is 0 Å². The molecule has 7 nitrogen and oxygen atoms in total. The van der Waals surface area contributed by atoms with E-state index in [2.05, 4.69) is 15.1 Å². The molecule has 2 rings (SSSR count). The van der Waals surface area contributed by atoms with Crippen molar-refractivity contribution in [2.75, 3.05) is 0 Å². The van der Waals surface area contributed by atoms with Gasteiger partial charge in [-0.15, -0.1) is 0 Å². The third kappa shape index (κ3) is 2.48.